The summed E-state index contributed by atoms with van der Waals surface area (Å²) in [5, 5.41) is 0. The fraction of sp³-hybridized carbons (Fsp3) is 0.278. The van der Waals surface area contributed by atoms with E-state index >= 15 is 0 Å². The van der Waals surface area contributed by atoms with Gasteiger partial charge in [-0.15, -0.1) is 11.8 Å². The van der Waals surface area contributed by atoms with Crippen LogP contribution in [-0.2, 0) is 0 Å². The summed E-state index contributed by atoms with van der Waals surface area (Å²) in [6.45, 7) is 8.18. The molecule has 0 bridgehead atoms. The first-order valence-electron chi connectivity index (χ1n) is 6.78. The fourth-order valence-corrected chi connectivity index (χ4v) is 3.46. The molecular formula is C18H20OS. The predicted molar refractivity (Wildman–Crippen MR) is 86.9 cm³/mol. The summed E-state index contributed by atoms with van der Waals surface area (Å²) in [4.78, 5) is 13.6. The van der Waals surface area contributed by atoms with Crippen LogP contribution in [0.5, 0.6) is 0 Å². The molecule has 0 saturated carbocycles. The second kappa shape index (κ2) is 6.27. The van der Waals surface area contributed by atoms with Crippen molar-refractivity contribution < 1.29 is 4.79 Å². The van der Waals surface area contributed by atoms with E-state index in [1.165, 1.54) is 16.0 Å². The standard InChI is InChI=1S/C18H20OS/c1-12-9-14(3)18(15(4)10-12)16(19)11-20-17-8-6-5-7-13(17)2/h5-10H,11H2,1-4H3. The topological polar surface area (TPSA) is 17.1 Å². The highest BCUT2D eigenvalue weighted by Crippen LogP contribution is 2.24. The Morgan fingerprint density at radius 2 is 1.55 bits per heavy atom. The van der Waals surface area contributed by atoms with Crippen LogP contribution in [0.3, 0.4) is 0 Å². The predicted octanol–water partition coefficient (Wildman–Crippen LogP) is 4.90. The number of Topliss-reactive ketones (excluding diaryl/α,β-unsaturated/α-hetero) is 1. The molecule has 0 heterocycles. The summed E-state index contributed by atoms with van der Waals surface area (Å²) in [5.74, 6) is 0.712. The summed E-state index contributed by atoms with van der Waals surface area (Å²) >= 11 is 1.62. The van der Waals surface area contributed by atoms with Gasteiger partial charge in [0, 0.05) is 10.5 Å². The molecule has 0 aliphatic heterocycles. The van der Waals surface area contributed by atoms with Gasteiger partial charge in [-0.1, -0.05) is 35.9 Å². The van der Waals surface area contributed by atoms with Gasteiger partial charge in [0.25, 0.3) is 0 Å². The SMILES string of the molecule is Cc1cc(C)c(C(=O)CSc2ccccc2C)c(C)c1. The fourth-order valence-electron chi connectivity index (χ4n) is 2.55. The minimum absolute atomic E-state index is 0.216. The van der Waals surface area contributed by atoms with E-state index in [0.717, 1.165) is 16.7 Å². The molecule has 20 heavy (non-hydrogen) atoms. The van der Waals surface area contributed by atoms with Crippen molar-refractivity contribution in [2.24, 2.45) is 0 Å². The second-order valence-electron chi connectivity index (χ2n) is 5.25. The number of rotatable bonds is 4. The minimum atomic E-state index is 0.216. The molecule has 2 heteroatoms. The zero-order valence-corrected chi connectivity index (χ0v) is 13.3. The molecule has 0 aliphatic carbocycles. The summed E-state index contributed by atoms with van der Waals surface area (Å²) in [7, 11) is 0. The van der Waals surface area contributed by atoms with Crippen LogP contribution in [0, 0.1) is 27.7 Å². The van der Waals surface area contributed by atoms with Crippen molar-refractivity contribution in [3.05, 3.63) is 64.2 Å². The lowest BCUT2D eigenvalue weighted by atomic mass is 9.97. The summed E-state index contributed by atoms with van der Waals surface area (Å²) in [6, 6.07) is 12.4. The van der Waals surface area contributed by atoms with Gasteiger partial charge in [0.1, 0.15) is 0 Å². The zero-order valence-electron chi connectivity index (χ0n) is 12.5. The van der Waals surface area contributed by atoms with E-state index in [2.05, 4.69) is 38.1 Å². The van der Waals surface area contributed by atoms with Gasteiger partial charge in [0.2, 0.25) is 0 Å². The van der Waals surface area contributed by atoms with Gasteiger partial charge in [0.05, 0.1) is 5.75 Å². The van der Waals surface area contributed by atoms with Crippen LogP contribution in [-0.4, -0.2) is 11.5 Å². The number of aryl methyl sites for hydroxylation is 4. The van der Waals surface area contributed by atoms with E-state index in [0.29, 0.717) is 5.75 Å². The molecule has 0 fully saturated rings. The van der Waals surface area contributed by atoms with Crippen molar-refractivity contribution in [1.29, 1.82) is 0 Å². The largest absolute Gasteiger partial charge is 0.293 e. The van der Waals surface area contributed by atoms with Crippen LogP contribution < -0.4 is 0 Å². The van der Waals surface area contributed by atoms with Crippen molar-refractivity contribution in [3.63, 3.8) is 0 Å². The third-order valence-corrected chi connectivity index (χ3v) is 4.58. The third-order valence-electron chi connectivity index (χ3n) is 3.41. The Balaban J connectivity index is 2.16. The van der Waals surface area contributed by atoms with Gasteiger partial charge in [-0.3, -0.25) is 4.79 Å². The van der Waals surface area contributed by atoms with E-state index in [-0.39, 0.29) is 5.78 Å². The van der Waals surface area contributed by atoms with Crippen LogP contribution in [0.1, 0.15) is 32.6 Å². The van der Waals surface area contributed by atoms with Crippen molar-refractivity contribution in [3.8, 4) is 0 Å². The normalized spacial score (nSPS) is 10.6. The Morgan fingerprint density at radius 3 is 2.15 bits per heavy atom. The Labute approximate surface area is 125 Å². The maximum absolute atomic E-state index is 12.5. The molecule has 0 N–H and O–H groups in total. The highest BCUT2D eigenvalue weighted by atomic mass is 32.2. The monoisotopic (exact) mass is 284 g/mol. The van der Waals surface area contributed by atoms with Crippen molar-refractivity contribution in [2.75, 3.05) is 5.75 Å². The van der Waals surface area contributed by atoms with Crippen LogP contribution in [0.15, 0.2) is 41.3 Å². The molecule has 2 aromatic carbocycles. The molecule has 0 radical (unpaired) electrons. The number of ketones is 1. The van der Waals surface area contributed by atoms with Crippen molar-refractivity contribution >= 4 is 17.5 Å². The Bertz CT molecular complexity index is 621. The number of hydrogen-bond donors (Lipinski definition) is 0. The number of carbonyl (C=O) groups excluding carboxylic acids is 1. The average molecular weight is 284 g/mol. The second-order valence-corrected chi connectivity index (χ2v) is 6.27. The Morgan fingerprint density at radius 1 is 0.950 bits per heavy atom. The highest BCUT2D eigenvalue weighted by Gasteiger charge is 2.13. The first kappa shape index (κ1) is 14.9. The van der Waals surface area contributed by atoms with Crippen molar-refractivity contribution in [1.82, 2.24) is 0 Å². The van der Waals surface area contributed by atoms with E-state index < -0.39 is 0 Å². The van der Waals surface area contributed by atoms with Crippen LogP contribution in [0.2, 0.25) is 0 Å². The molecule has 104 valence electrons. The smallest absolute Gasteiger partial charge is 0.173 e. The van der Waals surface area contributed by atoms with Gasteiger partial charge >= 0.3 is 0 Å². The molecule has 0 saturated heterocycles. The van der Waals surface area contributed by atoms with E-state index in [4.69, 9.17) is 0 Å². The van der Waals surface area contributed by atoms with Crippen LogP contribution in [0.25, 0.3) is 0 Å². The molecule has 0 aliphatic rings. The highest BCUT2D eigenvalue weighted by molar-refractivity contribution is 8.00. The number of benzene rings is 2. The minimum Gasteiger partial charge on any atom is -0.293 e. The maximum Gasteiger partial charge on any atom is 0.173 e. The number of hydrogen-bond acceptors (Lipinski definition) is 2. The summed E-state index contributed by atoms with van der Waals surface area (Å²) in [6.07, 6.45) is 0. The molecule has 1 nitrogen and oxygen atoms in total. The van der Waals surface area contributed by atoms with Crippen LogP contribution >= 0.6 is 11.8 Å². The maximum atomic E-state index is 12.5. The summed E-state index contributed by atoms with van der Waals surface area (Å²) < 4.78 is 0. The van der Waals surface area contributed by atoms with Gasteiger partial charge in [-0.05, 0) is 50.5 Å². The molecular weight excluding hydrogens is 264 g/mol. The van der Waals surface area contributed by atoms with Crippen LogP contribution in [0.4, 0.5) is 0 Å². The van der Waals surface area contributed by atoms with Gasteiger partial charge < -0.3 is 0 Å². The van der Waals surface area contributed by atoms with E-state index in [1.807, 2.05) is 26.0 Å². The Hall–Kier alpha value is -1.54. The number of carbonyl (C=O) groups is 1. The first-order chi connectivity index (χ1) is 9.49. The molecule has 2 rings (SSSR count). The average Bonchev–Trinajstić information content (AvgIpc) is 2.36. The molecule has 0 spiro atoms. The molecule has 0 amide bonds. The van der Waals surface area contributed by atoms with Crippen molar-refractivity contribution in [2.45, 2.75) is 32.6 Å². The lowest BCUT2D eigenvalue weighted by molar-refractivity contribution is 0.102. The van der Waals surface area contributed by atoms with E-state index in [9.17, 15) is 4.79 Å². The first-order valence-corrected chi connectivity index (χ1v) is 7.77. The lowest BCUT2D eigenvalue weighted by Gasteiger charge is -2.11. The van der Waals surface area contributed by atoms with Gasteiger partial charge in [-0.25, -0.2) is 0 Å². The summed E-state index contributed by atoms with van der Waals surface area (Å²) in [5.41, 5.74) is 5.48. The molecule has 0 aromatic heterocycles. The lowest BCUT2D eigenvalue weighted by Crippen LogP contribution is -2.08. The molecule has 0 atom stereocenters. The quantitative estimate of drug-likeness (QED) is 0.587. The molecule has 0 unspecified atom stereocenters. The Kier molecular flexibility index (Phi) is 4.66. The van der Waals surface area contributed by atoms with Gasteiger partial charge in [0.15, 0.2) is 5.78 Å². The third kappa shape index (κ3) is 3.31. The molecule has 2 aromatic rings. The zero-order chi connectivity index (χ0) is 14.7. The van der Waals surface area contributed by atoms with E-state index in [1.54, 1.807) is 11.8 Å². The van der Waals surface area contributed by atoms with Gasteiger partial charge in [-0.2, -0.15) is 0 Å². The number of thioether (sulfide) groups is 1.